The van der Waals surface area contributed by atoms with Gasteiger partial charge in [0, 0.05) is 11.4 Å². The molecule has 0 unspecified atom stereocenters. The topological polar surface area (TPSA) is 26.0 Å². The van der Waals surface area contributed by atoms with Gasteiger partial charge in [0.2, 0.25) is 0 Å². The summed E-state index contributed by atoms with van der Waals surface area (Å²) in [4.78, 5) is 0. The van der Waals surface area contributed by atoms with Crippen molar-refractivity contribution in [3.8, 4) is 0 Å². The van der Waals surface area contributed by atoms with Crippen molar-refractivity contribution < 1.29 is 0 Å². The molecule has 54 valence electrons. The number of hydrogen-bond acceptors (Lipinski definition) is 1. The van der Waals surface area contributed by atoms with Gasteiger partial charge >= 0.3 is 0 Å². The number of halogens is 2. The lowest BCUT2D eigenvalue weighted by Crippen LogP contribution is -2.72. The molecule has 0 amide bonds. The minimum Gasteiger partial charge on any atom is -0.325 e. The predicted molar refractivity (Wildman–Crippen MR) is 41.2 cm³/mol. The van der Waals surface area contributed by atoms with Crippen LogP contribution in [0.4, 0.5) is 0 Å². The molecule has 3 aliphatic rings. The molecular formula is C6H11Cl2N. The third-order valence-corrected chi connectivity index (χ3v) is 3.03. The lowest BCUT2D eigenvalue weighted by molar-refractivity contribution is -0.112. The third kappa shape index (κ3) is 0.787. The Bertz CT molecular complexity index is 115. The predicted octanol–water partition coefficient (Wildman–Crippen LogP) is 1.53. The Balaban J connectivity index is 0.000000405. The summed E-state index contributed by atoms with van der Waals surface area (Å²) >= 11 is 5.69. The summed E-state index contributed by atoms with van der Waals surface area (Å²) in [6.45, 7) is 0. The maximum Gasteiger partial charge on any atom is 0.0282 e. The second-order valence-electron chi connectivity index (χ2n) is 3.53. The van der Waals surface area contributed by atoms with Crippen LogP contribution in [0.15, 0.2) is 0 Å². The van der Waals surface area contributed by atoms with E-state index in [9.17, 15) is 0 Å². The Morgan fingerprint density at radius 2 is 1.78 bits per heavy atom. The highest BCUT2D eigenvalue weighted by Gasteiger charge is 2.64. The number of nitrogens with two attached hydrogens (primary N) is 1. The van der Waals surface area contributed by atoms with Crippen molar-refractivity contribution in [3.05, 3.63) is 0 Å². The van der Waals surface area contributed by atoms with E-state index in [4.69, 9.17) is 17.3 Å². The highest BCUT2D eigenvalue weighted by Crippen LogP contribution is 2.66. The molecule has 2 bridgehead atoms. The van der Waals surface area contributed by atoms with E-state index in [0.717, 1.165) is 5.88 Å². The van der Waals surface area contributed by atoms with Crippen molar-refractivity contribution in [2.24, 2.45) is 11.1 Å². The van der Waals surface area contributed by atoms with E-state index in [1.54, 1.807) is 0 Å². The van der Waals surface area contributed by atoms with E-state index in [-0.39, 0.29) is 17.9 Å². The first-order valence-corrected chi connectivity index (χ1v) is 3.57. The van der Waals surface area contributed by atoms with Gasteiger partial charge in [-0.2, -0.15) is 0 Å². The normalized spacial score (nSPS) is 52.7. The van der Waals surface area contributed by atoms with Crippen LogP contribution >= 0.6 is 24.0 Å². The number of hydrogen-bond donors (Lipinski definition) is 1. The summed E-state index contributed by atoms with van der Waals surface area (Å²) in [7, 11) is 0. The number of rotatable bonds is 1. The summed E-state index contributed by atoms with van der Waals surface area (Å²) in [5.74, 6) is 0.825. The second-order valence-corrected chi connectivity index (χ2v) is 3.79. The molecule has 0 aromatic heterocycles. The Morgan fingerprint density at radius 1 is 1.33 bits per heavy atom. The van der Waals surface area contributed by atoms with Crippen molar-refractivity contribution >= 4 is 24.0 Å². The van der Waals surface area contributed by atoms with Gasteiger partial charge in [0.1, 0.15) is 0 Å². The van der Waals surface area contributed by atoms with Gasteiger partial charge in [0.25, 0.3) is 0 Å². The van der Waals surface area contributed by atoms with E-state index >= 15 is 0 Å². The molecule has 9 heavy (non-hydrogen) atoms. The number of alkyl halides is 1. The molecule has 0 aromatic carbocycles. The molecule has 0 heterocycles. The first-order chi connectivity index (χ1) is 3.68. The van der Waals surface area contributed by atoms with Crippen LogP contribution in [0, 0.1) is 5.41 Å². The van der Waals surface area contributed by atoms with E-state index in [1.165, 1.54) is 19.3 Å². The first kappa shape index (κ1) is 7.64. The third-order valence-electron chi connectivity index (χ3n) is 2.46. The maximum absolute atomic E-state index is 5.79. The molecule has 0 saturated heterocycles. The largest absolute Gasteiger partial charge is 0.325 e. The standard InChI is InChI=1S/C6H10ClN.ClH/c7-4-5-1-6(8,2-5)3-5;/h1-4,8H2;1H. The fraction of sp³-hybridized carbons (Fsp3) is 1.00. The van der Waals surface area contributed by atoms with Gasteiger partial charge in [-0.3, -0.25) is 0 Å². The van der Waals surface area contributed by atoms with E-state index < -0.39 is 0 Å². The van der Waals surface area contributed by atoms with Crippen molar-refractivity contribution in [1.29, 1.82) is 0 Å². The second kappa shape index (κ2) is 1.77. The zero-order valence-electron chi connectivity index (χ0n) is 5.19. The van der Waals surface area contributed by atoms with Crippen LogP contribution in [0.3, 0.4) is 0 Å². The summed E-state index contributed by atoms with van der Waals surface area (Å²) in [5.41, 5.74) is 6.54. The molecule has 0 radical (unpaired) electrons. The molecule has 0 atom stereocenters. The van der Waals surface area contributed by atoms with Gasteiger partial charge in [-0.15, -0.1) is 24.0 Å². The minimum absolute atomic E-state index is 0. The Labute approximate surface area is 66.3 Å². The van der Waals surface area contributed by atoms with Gasteiger partial charge in [-0.1, -0.05) is 0 Å². The molecule has 3 rings (SSSR count). The van der Waals surface area contributed by atoms with Crippen molar-refractivity contribution in [1.82, 2.24) is 0 Å². The van der Waals surface area contributed by atoms with Gasteiger partial charge in [-0.25, -0.2) is 0 Å². The Hall–Kier alpha value is 0.540. The van der Waals surface area contributed by atoms with Crippen LogP contribution in [0.5, 0.6) is 0 Å². The molecule has 0 aliphatic heterocycles. The van der Waals surface area contributed by atoms with Gasteiger partial charge in [-0.05, 0) is 24.7 Å². The highest BCUT2D eigenvalue weighted by atomic mass is 35.5. The molecule has 0 spiro atoms. The molecule has 3 saturated carbocycles. The van der Waals surface area contributed by atoms with Crippen LogP contribution in [0.1, 0.15) is 19.3 Å². The van der Waals surface area contributed by atoms with Crippen molar-refractivity contribution in [3.63, 3.8) is 0 Å². The smallest absolute Gasteiger partial charge is 0.0282 e. The SMILES string of the molecule is Cl.NC12CC(CCl)(C1)C2. The van der Waals surface area contributed by atoms with Crippen LogP contribution in [-0.4, -0.2) is 11.4 Å². The van der Waals surface area contributed by atoms with E-state index in [0.29, 0.717) is 5.41 Å². The summed E-state index contributed by atoms with van der Waals surface area (Å²) in [6.07, 6.45) is 3.55. The van der Waals surface area contributed by atoms with Crippen molar-refractivity contribution in [2.75, 3.05) is 5.88 Å². The monoisotopic (exact) mass is 167 g/mol. The molecular weight excluding hydrogens is 157 g/mol. The Kier molecular flexibility index (Phi) is 1.51. The minimum atomic E-state index is 0. The van der Waals surface area contributed by atoms with Crippen LogP contribution < -0.4 is 5.73 Å². The summed E-state index contributed by atoms with van der Waals surface area (Å²) in [5, 5.41) is 0. The lowest BCUT2D eigenvalue weighted by Gasteiger charge is -2.68. The average Bonchev–Trinajstić information content (AvgIpc) is 1.55. The summed E-state index contributed by atoms with van der Waals surface area (Å²) in [6, 6.07) is 0. The molecule has 2 N–H and O–H groups in total. The highest BCUT2D eigenvalue weighted by molar-refractivity contribution is 6.18. The molecule has 3 fully saturated rings. The fourth-order valence-electron chi connectivity index (χ4n) is 2.23. The molecule has 3 aliphatic carbocycles. The molecule has 3 heteroatoms. The Morgan fingerprint density at radius 3 is 1.89 bits per heavy atom. The van der Waals surface area contributed by atoms with Crippen LogP contribution in [0.25, 0.3) is 0 Å². The van der Waals surface area contributed by atoms with Gasteiger partial charge < -0.3 is 5.73 Å². The van der Waals surface area contributed by atoms with E-state index in [2.05, 4.69) is 0 Å². The lowest BCUT2D eigenvalue weighted by atomic mass is 9.41. The summed E-state index contributed by atoms with van der Waals surface area (Å²) < 4.78 is 0. The quantitative estimate of drug-likeness (QED) is 0.590. The first-order valence-electron chi connectivity index (χ1n) is 3.03. The maximum atomic E-state index is 5.79. The zero-order valence-corrected chi connectivity index (χ0v) is 6.76. The molecule has 1 nitrogen and oxygen atoms in total. The van der Waals surface area contributed by atoms with Gasteiger partial charge in [0.05, 0.1) is 0 Å². The van der Waals surface area contributed by atoms with Crippen molar-refractivity contribution in [2.45, 2.75) is 24.8 Å². The zero-order chi connectivity index (χ0) is 5.83. The van der Waals surface area contributed by atoms with E-state index in [1.807, 2.05) is 0 Å². The van der Waals surface area contributed by atoms with Gasteiger partial charge in [0.15, 0.2) is 0 Å². The fourth-order valence-corrected chi connectivity index (χ4v) is 2.51. The average molecular weight is 168 g/mol. The van der Waals surface area contributed by atoms with Crippen LogP contribution in [0.2, 0.25) is 0 Å². The molecule has 0 aromatic rings. The van der Waals surface area contributed by atoms with Crippen LogP contribution in [-0.2, 0) is 0 Å².